The lowest BCUT2D eigenvalue weighted by atomic mass is 9.93. The van der Waals surface area contributed by atoms with Gasteiger partial charge in [0.15, 0.2) is 0 Å². The number of rotatable bonds is 3. The van der Waals surface area contributed by atoms with Gasteiger partial charge < -0.3 is 14.8 Å². The minimum Gasteiger partial charge on any atom is -0.344 e. The van der Waals surface area contributed by atoms with Crippen LogP contribution in [-0.4, -0.2) is 26.9 Å². The molecule has 1 aromatic heterocycles. The van der Waals surface area contributed by atoms with E-state index >= 15 is 0 Å². The Labute approximate surface area is 195 Å². The van der Waals surface area contributed by atoms with Crippen LogP contribution in [-0.2, 0) is 4.79 Å². The first-order chi connectivity index (χ1) is 15.4. The highest BCUT2D eigenvalue weighted by atomic mass is 35.5. The van der Waals surface area contributed by atoms with E-state index in [9.17, 15) is 9.18 Å². The fourth-order valence-electron chi connectivity index (χ4n) is 4.69. The zero-order valence-electron chi connectivity index (χ0n) is 17.4. The summed E-state index contributed by atoms with van der Waals surface area (Å²) in [6.45, 7) is 2.54. The van der Waals surface area contributed by atoms with Gasteiger partial charge in [0.05, 0.1) is 40.2 Å². The monoisotopic (exact) mass is 470 g/mol. The number of allylic oxidation sites excluding steroid dienone is 1. The molecule has 164 valence electrons. The van der Waals surface area contributed by atoms with Crippen molar-refractivity contribution in [1.29, 1.82) is 0 Å². The number of carbonyl (C=O) groups is 1. The molecule has 5 nitrogen and oxygen atoms in total. The molecule has 1 N–H and O–H groups in total. The first-order valence-electron chi connectivity index (χ1n) is 10.4. The zero-order chi connectivity index (χ0) is 22.4. The Morgan fingerprint density at radius 2 is 1.88 bits per heavy atom. The van der Waals surface area contributed by atoms with Crippen molar-refractivity contribution >= 4 is 34.9 Å². The van der Waals surface area contributed by atoms with Crippen molar-refractivity contribution in [2.45, 2.75) is 31.8 Å². The van der Waals surface area contributed by atoms with Crippen molar-refractivity contribution in [2.24, 2.45) is 0 Å². The number of carbonyl (C=O) groups excluding carboxylic acids is 1. The largest absolute Gasteiger partial charge is 0.344 e. The molecule has 0 bridgehead atoms. The van der Waals surface area contributed by atoms with Gasteiger partial charge in [0.25, 0.3) is 5.91 Å². The molecule has 3 heterocycles. The summed E-state index contributed by atoms with van der Waals surface area (Å²) in [6.07, 6.45) is 5.16. The Kier molecular flexibility index (Phi) is 5.43. The molecule has 2 atom stereocenters. The van der Waals surface area contributed by atoms with Crippen LogP contribution in [0.5, 0.6) is 0 Å². The van der Waals surface area contributed by atoms with E-state index in [1.165, 1.54) is 12.1 Å². The standard InChI is InChI=1S/C24H21Cl2FN4O/c1-14-22(24(32)30-10-2-3-20(30)15-4-7-17(27)8-5-15)23(31-13-28-12-21(31)29-14)16-6-9-18(25)19(26)11-16/h4-9,11-13,20,23,29H,2-3,10H2,1H3/t20-,23+/m0/s1. The molecule has 0 radical (unpaired) electrons. The highest BCUT2D eigenvalue weighted by Gasteiger charge is 2.38. The number of imidazole rings is 1. The molecule has 1 amide bonds. The number of fused-ring (bicyclic) bond motifs is 1. The number of halogens is 3. The lowest BCUT2D eigenvalue weighted by Gasteiger charge is -2.34. The first-order valence-corrected chi connectivity index (χ1v) is 11.2. The minimum absolute atomic E-state index is 0.0581. The van der Waals surface area contributed by atoms with Crippen LogP contribution in [0.25, 0.3) is 0 Å². The van der Waals surface area contributed by atoms with Crippen molar-refractivity contribution in [3.63, 3.8) is 0 Å². The molecule has 0 saturated carbocycles. The van der Waals surface area contributed by atoms with Crippen molar-refractivity contribution in [2.75, 3.05) is 11.9 Å². The second-order valence-electron chi connectivity index (χ2n) is 8.13. The summed E-state index contributed by atoms with van der Waals surface area (Å²) in [5, 5.41) is 4.19. The second-order valence-corrected chi connectivity index (χ2v) is 8.95. The van der Waals surface area contributed by atoms with Crippen molar-refractivity contribution in [1.82, 2.24) is 14.5 Å². The van der Waals surface area contributed by atoms with Crippen LogP contribution in [0.15, 0.2) is 66.3 Å². The molecule has 3 aromatic rings. The number of hydrogen-bond acceptors (Lipinski definition) is 3. The summed E-state index contributed by atoms with van der Waals surface area (Å²) in [5.41, 5.74) is 3.18. The average molecular weight is 471 g/mol. The van der Waals surface area contributed by atoms with Gasteiger partial charge in [0, 0.05) is 12.2 Å². The number of nitrogens with zero attached hydrogens (tertiary/aromatic N) is 3. The van der Waals surface area contributed by atoms with Crippen molar-refractivity contribution < 1.29 is 9.18 Å². The Hall–Kier alpha value is -2.83. The predicted molar refractivity (Wildman–Crippen MR) is 123 cm³/mol. The molecule has 0 spiro atoms. The van der Waals surface area contributed by atoms with Gasteiger partial charge in [0.1, 0.15) is 11.6 Å². The molecule has 8 heteroatoms. The van der Waals surface area contributed by atoms with Gasteiger partial charge in [-0.15, -0.1) is 0 Å². The van der Waals surface area contributed by atoms with Gasteiger partial charge in [-0.3, -0.25) is 4.79 Å². The second kappa shape index (κ2) is 8.26. The summed E-state index contributed by atoms with van der Waals surface area (Å²) in [4.78, 5) is 20.1. The lowest BCUT2D eigenvalue weighted by Crippen LogP contribution is -2.37. The molecule has 2 aromatic carbocycles. The Balaban J connectivity index is 1.57. The highest BCUT2D eigenvalue weighted by molar-refractivity contribution is 6.42. The topological polar surface area (TPSA) is 50.2 Å². The van der Waals surface area contributed by atoms with Gasteiger partial charge in [-0.2, -0.15) is 0 Å². The van der Waals surface area contributed by atoms with Gasteiger partial charge in [-0.05, 0) is 55.2 Å². The summed E-state index contributed by atoms with van der Waals surface area (Å²) < 4.78 is 15.4. The van der Waals surface area contributed by atoms with E-state index in [4.69, 9.17) is 23.2 Å². The Morgan fingerprint density at radius 1 is 1.12 bits per heavy atom. The fourth-order valence-corrected chi connectivity index (χ4v) is 5.00. The molecule has 5 rings (SSSR count). The van der Waals surface area contributed by atoms with Crippen molar-refractivity contribution in [3.8, 4) is 0 Å². The Morgan fingerprint density at radius 3 is 2.62 bits per heavy atom. The van der Waals surface area contributed by atoms with E-state index in [1.54, 1.807) is 36.8 Å². The van der Waals surface area contributed by atoms with Gasteiger partial charge in [-0.25, -0.2) is 9.37 Å². The normalized spacial score (nSPS) is 20.3. The van der Waals surface area contributed by atoms with E-state index in [2.05, 4.69) is 10.3 Å². The van der Waals surface area contributed by atoms with Crippen LogP contribution < -0.4 is 5.32 Å². The third kappa shape index (κ3) is 3.57. The Bertz CT molecular complexity index is 1220. The SMILES string of the molecule is CC1=C(C(=O)N2CCC[C@H]2c2ccc(F)cc2)[C@@H](c2ccc(Cl)c(Cl)c2)n2cncc2N1. The molecular formula is C24H21Cl2FN4O. The van der Waals surface area contributed by atoms with Gasteiger partial charge in [0.2, 0.25) is 0 Å². The zero-order valence-corrected chi connectivity index (χ0v) is 18.9. The molecule has 0 unspecified atom stereocenters. The number of likely N-dealkylation sites (tertiary alicyclic amines) is 1. The summed E-state index contributed by atoms with van der Waals surface area (Å²) in [7, 11) is 0. The fraction of sp³-hybridized carbons (Fsp3) is 0.250. The molecule has 1 saturated heterocycles. The maximum Gasteiger partial charge on any atom is 0.254 e. The smallest absolute Gasteiger partial charge is 0.254 e. The summed E-state index contributed by atoms with van der Waals surface area (Å²) in [6, 6.07) is 11.3. The third-order valence-electron chi connectivity index (χ3n) is 6.20. The minimum atomic E-state index is -0.398. The van der Waals surface area contributed by atoms with E-state index in [0.29, 0.717) is 22.2 Å². The highest BCUT2D eigenvalue weighted by Crippen LogP contribution is 2.41. The number of aromatic nitrogens is 2. The van der Waals surface area contributed by atoms with Crippen LogP contribution in [0.1, 0.15) is 43.0 Å². The van der Waals surface area contributed by atoms with Crippen LogP contribution >= 0.6 is 23.2 Å². The number of amides is 1. The number of anilines is 1. The predicted octanol–water partition coefficient (Wildman–Crippen LogP) is 5.98. The van der Waals surface area contributed by atoms with E-state index < -0.39 is 6.04 Å². The number of benzene rings is 2. The lowest BCUT2D eigenvalue weighted by molar-refractivity contribution is -0.128. The first kappa shape index (κ1) is 21.0. The van der Waals surface area contributed by atoms with Crippen LogP contribution in [0.4, 0.5) is 10.2 Å². The number of hydrogen-bond donors (Lipinski definition) is 1. The summed E-state index contributed by atoms with van der Waals surface area (Å²) in [5.74, 6) is 0.454. The number of nitrogens with one attached hydrogen (secondary N) is 1. The van der Waals surface area contributed by atoms with Gasteiger partial charge in [-0.1, -0.05) is 41.4 Å². The van der Waals surface area contributed by atoms with E-state index in [0.717, 1.165) is 35.5 Å². The summed E-state index contributed by atoms with van der Waals surface area (Å²) >= 11 is 12.5. The molecule has 2 aliphatic heterocycles. The molecule has 1 fully saturated rings. The van der Waals surface area contributed by atoms with E-state index in [1.807, 2.05) is 22.5 Å². The maximum atomic E-state index is 14.0. The van der Waals surface area contributed by atoms with Gasteiger partial charge >= 0.3 is 0 Å². The van der Waals surface area contributed by atoms with Crippen LogP contribution in [0.2, 0.25) is 10.0 Å². The van der Waals surface area contributed by atoms with Crippen LogP contribution in [0.3, 0.4) is 0 Å². The molecule has 2 aliphatic rings. The average Bonchev–Trinajstić information content (AvgIpc) is 3.44. The van der Waals surface area contributed by atoms with E-state index in [-0.39, 0.29) is 17.8 Å². The van der Waals surface area contributed by atoms with Crippen LogP contribution in [0, 0.1) is 5.82 Å². The third-order valence-corrected chi connectivity index (χ3v) is 6.93. The molecule has 32 heavy (non-hydrogen) atoms. The van der Waals surface area contributed by atoms with Crippen molar-refractivity contribution in [3.05, 3.63) is 93.2 Å². The quantitative estimate of drug-likeness (QED) is 0.511. The maximum absolute atomic E-state index is 14.0. The molecule has 0 aliphatic carbocycles. The molecular weight excluding hydrogens is 450 g/mol.